The van der Waals surface area contributed by atoms with Crippen molar-refractivity contribution in [3.8, 4) is 0 Å². The summed E-state index contributed by atoms with van der Waals surface area (Å²) in [6.45, 7) is 1.08. The lowest BCUT2D eigenvalue weighted by Gasteiger charge is -2.11. The van der Waals surface area contributed by atoms with Crippen LogP contribution in [0.1, 0.15) is 11.1 Å². The van der Waals surface area contributed by atoms with E-state index < -0.39 is 0 Å². The summed E-state index contributed by atoms with van der Waals surface area (Å²) in [6.07, 6.45) is 0. The zero-order valence-corrected chi connectivity index (χ0v) is 9.38. The van der Waals surface area contributed by atoms with Crippen molar-refractivity contribution in [1.82, 2.24) is 0 Å². The largest absolute Gasteiger partial charge is 0.231 e. The van der Waals surface area contributed by atoms with Gasteiger partial charge in [-0.15, -0.1) is 11.3 Å². The van der Waals surface area contributed by atoms with Gasteiger partial charge in [0.25, 0.3) is 0 Å². The monoisotopic (exact) mass is 298 g/mol. The lowest BCUT2D eigenvalue weighted by Crippen LogP contribution is -2.05. The fourth-order valence-electron chi connectivity index (χ4n) is 0.928. The summed E-state index contributed by atoms with van der Waals surface area (Å²) in [6, 6.07) is 0. The predicted octanol–water partition coefficient (Wildman–Crippen LogP) is 3.23. The number of fused-ring (bicyclic) bond motifs is 1. The number of hydrogen-bond donors (Lipinski definition) is 0. The van der Waals surface area contributed by atoms with Crippen molar-refractivity contribution in [2.45, 2.75) is 13.2 Å². The molecule has 0 N–H and O–H groups in total. The molecule has 0 aromatic carbocycles. The van der Waals surface area contributed by atoms with Crippen molar-refractivity contribution in [2.24, 2.45) is 0 Å². The summed E-state index contributed by atoms with van der Waals surface area (Å²) in [5.74, 6) is 0. The van der Waals surface area contributed by atoms with E-state index in [2.05, 4.69) is 31.9 Å². The van der Waals surface area contributed by atoms with E-state index in [1.807, 2.05) is 0 Å². The number of rotatable bonds is 0. The molecule has 2 heterocycles. The topological polar surface area (TPSA) is 18.5 Å². The van der Waals surface area contributed by atoms with Gasteiger partial charge in [0.2, 0.25) is 0 Å². The van der Waals surface area contributed by atoms with Gasteiger partial charge in [0.1, 0.15) is 13.2 Å². The fourth-order valence-corrected chi connectivity index (χ4v) is 4.03. The Kier molecular flexibility index (Phi) is 2.34. The first-order valence-electron chi connectivity index (χ1n) is 2.99. The third-order valence-corrected chi connectivity index (χ3v) is 4.29. The first-order valence-corrected chi connectivity index (χ1v) is 5.39. The van der Waals surface area contributed by atoms with Crippen LogP contribution >= 0.6 is 43.2 Å². The van der Waals surface area contributed by atoms with Crippen molar-refractivity contribution in [3.05, 3.63) is 18.7 Å². The highest BCUT2D eigenvalue weighted by Crippen LogP contribution is 2.39. The molecule has 11 heavy (non-hydrogen) atoms. The summed E-state index contributed by atoms with van der Waals surface area (Å²) in [5.41, 5.74) is 2.40. The van der Waals surface area contributed by atoms with E-state index >= 15 is 0 Å². The van der Waals surface area contributed by atoms with Crippen LogP contribution in [-0.2, 0) is 23.0 Å². The third kappa shape index (κ3) is 1.40. The van der Waals surface area contributed by atoms with Crippen LogP contribution < -0.4 is 0 Å². The maximum atomic E-state index is 4.85. The summed E-state index contributed by atoms with van der Waals surface area (Å²) in [5, 5.41) is 0. The molecule has 0 aliphatic carbocycles. The van der Waals surface area contributed by atoms with E-state index in [1.54, 1.807) is 11.3 Å². The van der Waals surface area contributed by atoms with Crippen LogP contribution in [-0.4, -0.2) is 0 Å². The highest BCUT2D eigenvalue weighted by Gasteiger charge is 2.19. The maximum absolute atomic E-state index is 4.85. The Morgan fingerprint density at radius 2 is 1.45 bits per heavy atom. The van der Waals surface area contributed by atoms with Crippen LogP contribution in [0.5, 0.6) is 0 Å². The molecule has 60 valence electrons. The molecule has 0 unspecified atom stereocenters. The Morgan fingerprint density at radius 3 is 1.91 bits per heavy atom. The van der Waals surface area contributed by atoms with Gasteiger partial charge in [-0.05, 0) is 31.9 Å². The lowest BCUT2D eigenvalue weighted by atomic mass is 10.2. The molecule has 0 radical (unpaired) electrons. The van der Waals surface area contributed by atoms with Gasteiger partial charge in [-0.1, -0.05) is 0 Å². The molecule has 0 atom stereocenters. The van der Waals surface area contributed by atoms with E-state index in [0.29, 0.717) is 13.2 Å². The van der Waals surface area contributed by atoms with Crippen molar-refractivity contribution >= 4 is 43.2 Å². The van der Waals surface area contributed by atoms with Crippen molar-refractivity contribution in [3.63, 3.8) is 0 Å². The Labute approximate surface area is 84.7 Å². The van der Waals surface area contributed by atoms with Gasteiger partial charge in [0.15, 0.2) is 0 Å². The van der Waals surface area contributed by atoms with Gasteiger partial charge in [-0.3, -0.25) is 0 Å². The summed E-state index contributed by atoms with van der Waals surface area (Å²) < 4.78 is 2.25. The zero-order valence-electron chi connectivity index (χ0n) is 5.39. The number of thiophene rings is 1. The van der Waals surface area contributed by atoms with E-state index in [4.69, 9.17) is 9.78 Å². The quantitative estimate of drug-likeness (QED) is 0.685. The molecule has 5 heteroatoms. The van der Waals surface area contributed by atoms with Crippen LogP contribution in [0.3, 0.4) is 0 Å². The maximum Gasteiger partial charge on any atom is 0.110 e. The Balaban J connectivity index is 2.52. The fraction of sp³-hybridized carbons (Fsp3) is 0.333. The average Bonchev–Trinajstić information content (AvgIpc) is 2.30. The van der Waals surface area contributed by atoms with Crippen LogP contribution in [0.2, 0.25) is 0 Å². The second-order valence-electron chi connectivity index (χ2n) is 2.13. The number of halogens is 2. The standard InChI is InChI=1S/C6H4Br2O2S/c7-5-3-1-9-10-2-4(3)6(8)11-5/h1-2H2. The minimum atomic E-state index is 0.540. The second-order valence-corrected chi connectivity index (χ2v) is 5.79. The predicted molar refractivity (Wildman–Crippen MR) is 49.3 cm³/mol. The third-order valence-electron chi connectivity index (χ3n) is 1.51. The first-order chi connectivity index (χ1) is 5.29. The molecular weight excluding hydrogens is 296 g/mol. The number of hydrogen-bond acceptors (Lipinski definition) is 3. The molecule has 0 fully saturated rings. The van der Waals surface area contributed by atoms with Gasteiger partial charge in [-0.25, -0.2) is 9.78 Å². The van der Waals surface area contributed by atoms with E-state index in [1.165, 1.54) is 11.1 Å². The molecule has 0 bridgehead atoms. The molecule has 0 amide bonds. The SMILES string of the molecule is Brc1sc(Br)c2c1COOC2. The zero-order chi connectivity index (χ0) is 7.84. The van der Waals surface area contributed by atoms with Crippen molar-refractivity contribution in [1.29, 1.82) is 0 Å². The molecular formula is C6H4Br2O2S. The smallest absolute Gasteiger partial charge is 0.110 e. The average molecular weight is 300 g/mol. The minimum Gasteiger partial charge on any atom is -0.231 e. The minimum absolute atomic E-state index is 0.540. The molecule has 2 nitrogen and oxygen atoms in total. The molecule has 1 aromatic rings. The lowest BCUT2D eigenvalue weighted by molar-refractivity contribution is -0.322. The molecule has 0 spiro atoms. The van der Waals surface area contributed by atoms with E-state index in [0.717, 1.165) is 7.57 Å². The van der Waals surface area contributed by atoms with Gasteiger partial charge in [-0.2, -0.15) is 0 Å². The Hall–Kier alpha value is 0.580. The summed E-state index contributed by atoms with van der Waals surface area (Å²) in [4.78, 5) is 9.69. The molecule has 1 aliphatic rings. The van der Waals surface area contributed by atoms with E-state index in [-0.39, 0.29) is 0 Å². The summed E-state index contributed by atoms with van der Waals surface area (Å²) >= 11 is 8.57. The van der Waals surface area contributed by atoms with Crippen LogP contribution in [0.4, 0.5) is 0 Å². The van der Waals surface area contributed by atoms with Crippen LogP contribution in [0.25, 0.3) is 0 Å². The van der Waals surface area contributed by atoms with Crippen LogP contribution in [0, 0.1) is 0 Å². The Bertz CT molecular complexity index is 258. The molecule has 0 saturated carbocycles. The molecule has 2 rings (SSSR count). The first kappa shape index (κ1) is 8.19. The van der Waals surface area contributed by atoms with Gasteiger partial charge in [0.05, 0.1) is 7.57 Å². The summed E-state index contributed by atoms with van der Waals surface area (Å²) in [7, 11) is 0. The second kappa shape index (κ2) is 3.14. The highest BCUT2D eigenvalue weighted by molar-refractivity contribution is 9.12. The normalized spacial score (nSPS) is 16.5. The molecule has 0 saturated heterocycles. The molecule has 1 aromatic heterocycles. The van der Waals surface area contributed by atoms with Crippen LogP contribution in [0.15, 0.2) is 7.57 Å². The highest BCUT2D eigenvalue weighted by atomic mass is 79.9. The van der Waals surface area contributed by atoms with E-state index in [9.17, 15) is 0 Å². The van der Waals surface area contributed by atoms with Crippen molar-refractivity contribution < 1.29 is 9.78 Å². The van der Waals surface area contributed by atoms with Crippen molar-refractivity contribution in [2.75, 3.05) is 0 Å². The Morgan fingerprint density at radius 1 is 1.00 bits per heavy atom. The van der Waals surface area contributed by atoms with Gasteiger partial charge < -0.3 is 0 Å². The van der Waals surface area contributed by atoms with Gasteiger partial charge in [0, 0.05) is 11.1 Å². The molecule has 1 aliphatic heterocycles. The van der Waals surface area contributed by atoms with Gasteiger partial charge >= 0.3 is 0 Å².